The molecule has 7 nitrogen and oxygen atoms in total. The van der Waals surface area contributed by atoms with Gasteiger partial charge in [-0.2, -0.15) is 5.10 Å². The molecule has 0 aliphatic carbocycles. The topological polar surface area (TPSA) is 61.6 Å². The summed E-state index contributed by atoms with van der Waals surface area (Å²) in [5.41, 5.74) is 1.35. The monoisotopic (exact) mass is 419 g/mol. The van der Waals surface area contributed by atoms with Crippen molar-refractivity contribution in [1.29, 1.82) is 0 Å². The third kappa shape index (κ3) is 4.42. The number of aromatic nitrogens is 3. The van der Waals surface area contributed by atoms with Gasteiger partial charge in [-0.3, -0.25) is 14.6 Å². The average molecular weight is 420 g/mol. The van der Waals surface area contributed by atoms with Crippen LogP contribution in [-0.2, 0) is 13.6 Å². The summed E-state index contributed by atoms with van der Waals surface area (Å²) in [6, 6.07) is 9.03. The standard InChI is InChI=1S/C18H26BrN7/c1-14(15-4-6-16(19)7-5-15)25-8-10-26(11-9-25)18(20-2)21-12-17-22-13-23-24(17)3/h4-7,13-14H,8-12H2,1-3H3,(H,20,21). The Morgan fingerprint density at radius 1 is 1.23 bits per heavy atom. The highest BCUT2D eigenvalue weighted by atomic mass is 79.9. The van der Waals surface area contributed by atoms with Crippen molar-refractivity contribution in [3.8, 4) is 0 Å². The minimum Gasteiger partial charge on any atom is -0.349 e. The van der Waals surface area contributed by atoms with Gasteiger partial charge in [0.15, 0.2) is 5.96 Å². The molecule has 1 aromatic carbocycles. The number of hydrogen-bond donors (Lipinski definition) is 1. The molecule has 0 saturated carbocycles. The number of aryl methyl sites for hydroxylation is 1. The molecule has 1 atom stereocenters. The van der Waals surface area contributed by atoms with E-state index in [-0.39, 0.29) is 0 Å². The molecule has 1 aromatic heterocycles. The lowest BCUT2D eigenvalue weighted by molar-refractivity contribution is 0.138. The quantitative estimate of drug-likeness (QED) is 0.606. The average Bonchev–Trinajstić information content (AvgIpc) is 3.08. The number of nitrogens with one attached hydrogen (secondary N) is 1. The molecule has 0 amide bonds. The van der Waals surface area contributed by atoms with Gasteiger partial charge in [0.1, 0.15) is 12.2 Å². The highest BCUT2D eigenvalue weighted by Gasteiger charge is 2.23. The number of aliphatic imine (C=N–C) groups is 1. The second-order valence-corrected chi connectivity index (χ2v) is 7.37. The maximum absolute atomic E-state index is 4.43. The second kappa shape index (κ2) is 8.64. The largest absolute Gasteiger partial charge is 0.349 e. The molecule has 2 heterocycles. The molecule has 0 spiro atoms. The van der Waals surface area contributed by atoms with Gasteiger partial charge in [0.25, 0.3) is 0 Å². The molecule has 8 heteroatoms. The van der Waals surface area contributed by atoms with Crippen LogP contribution >= 0.6 is 15.9 Å². The number of nitrogens with zero attached hydrogens (tertiary/aromatic N) is 6. The molecule has 2 aromatic rings. The minimum atomic E-state index is 0.416. The zero-order valence-corrected chi connectivity index (χ0v) is 17.1. The molecule has 0 radical (unpaired) electrons. The Morgan fingerprint density at radius 3 is 2.50 bits per heavy atom. The van der Waals surface area contributed by atoms with E-state index in [1.165, 1.54) is 5.56 Å². The maximum Gasteiger partial charge on any atom is 0.194 e. The Morgan fingerprint density at radius 2 is 1.92 bits per heavy atom. The van der Waals surface area contributed by atoms with Crippen molar-refractivity contribution in [2.45, 2.75) is 19.5 Å². The van der Waals surface area contributed by atoms with Gasteiger partial charge in [0.05, 0.1) is 6.54 Å². The van der Waals surface area contributed by atoms with Crippen LogP contribution < -0.4 is 5.32 Å². The van der Waals surface area contributed by atoms with Crippen molar-refractivity contribution in [1.82, 2.24) is 29.9 Å². The highest BCUT2D eigenvalue weighted by Crippen LogP contribution is 2.23. The molecular weight excluding hydrogens is 394 g/mol. The van der Waals surface area contributed by atoms with Crippen LogP contribution in [0.25, 0.3) is 0 Å². The first-order valence-corrected chi connectivity index (χ1v) is 9.65. The Hall–Kier alpha value is -1.93. The highest BCUT2D eigenvalue weighted by molar-refractivity contribution is 9.10. The van der Waals surface area contributed by atoms with Crippen molar-refractivity contribution < 1.29 is 0 Å². The summed E-state index contributed by atoms with van der Waals surface area (Å²) in [6.07, 6.45) is 1.57. The van der Waals surface area contributed by atoms with Gasteiger partial charge in [-0.05, 0) is 24.6 Å². The SMILES string of the molecule is CN=C(NCc1ncnn1C)N1CCN(C(C)c2ccc(Br)cc2)CC1. The van der Waals surface area contributed by atoms with E-state index in [1.54, 1.807) is 11.0 Å². The molecule has 26 heavy (non-hydrogen) atoms. The smallest absolute Gasteiger partial charge is 0.194 e. The van der Waals surface area contributed by atoms with Gasteiger partial charge < -0.3 is 10.2 Å². The van der Waals surface area contributed by atoms with Crippen LogP contribution in [0.5, 0.6) is 0 Å². The number of benzene rings is 1. The van der Waals surface area contributed by atoms with Gasteiger partial charge in [-0.25, -0.2) is 4.98 Å². The first-order valence-electron chi connectivity index (χ1n) is 8.86. The van der Waals surface area contributed by atoms with Crippen LogP contribution in [0.2, 0.25) is 0 Å². The molecule has 140 valence electrons. The molecule has 3 rings (SSSR count). The molecule has 1 aliphatic heterocycles. The first kappa shape index (κ1) is 18.8. The van der Waals surface area contributed by atoms with Gasteiger partial charge in [-0.15, -0.1) is 0 Å². The number of hydrogen-bond acceptors (Lipinski definition) is 4. The van der Waals surface area contributed by atoms with E-state index in [0.29, 0.717) is 12.6 Å². The van der Waals surface area contributed by atoms with Crippen LogP contribution in [0.1, 0.15) is 24.4 Å². The number of rotatable bonds is 4. The fourth-order valence-electron chi connectivity index (χ4n) is 3.24. The van der Waals surface area contributed by atoms with Crippen LogP contribution in [0.4, 0.5) is 0 Å². The Kier molecular flexibility index (Phi) is 6.26. The van der Waals surface area contributed by atoms with Crippen LogP contribution in [-0.4, -0.2) is 63.8 Å². The van der Waals surface area contributed by atoms with Crippen molar-refractivity contribution in [2.24, 2.45) is 12.0 Å². The summed E-state index contributed by atoms with van der Waals surface area (Å²) in [7, 11) is 3.73. The summed E-state index contributed by atoms with van der Waals surface area (Å²) in [4.78, 5) is 13.5. The lowest BCUT2D eigenvalue weighted by Gasteiger charge is -2.39. The van der Waals surface area contributed by atoms with Gasteiger partial charge in [0, 0.05) is 50.8 Å². The Bertz CT molecular complexity index is 732. The molecule has 0 bridgehead atoms. The first-order chi connectivity index (χ1) is 12.6. The van der Waals surface area contributed by atoms with Crippen LogP contribution in [0.3, 0.4) is 0 Å². The third-order valence-electron chi connectivity index (χ3n) is 4.94. The third-order valence-corrected chi connectivity index (χ3v) is 5.46. The summed E-state index contributed by atoms with van der Waals surface area (Å²) in [6.45, 7) is 6.85. The van der Waals surface area contributed by atoms with Crippen molar-refractivity contribution in [3.63, 3.8) is 0 Å². The summed E-state index contributed by atoms with van der Waals surface area (Å²) < 4.78 is 2.90. The van der Waals surface area contributed by atoms with Gasteiger partial charge in [0.2, 0.25) is 0 Å². The minimum absolute atomic E-state index is 0.416. The van der Waals surface area contributed by atoms with E-state index in [0.717, 1.165) is 42.4 Å². The fraction of sp³-hybridized carbons (Fsp3) is 0.500. The number of piperazine rings is 1. The van der Waals surface area contributed by atoms with Gasteiger partial charge >= 0.3 is 0 Å². The lowest BCUT2D eigenvalue weighted by atomic mass is 10.1. The maximum atomic E-state index is 4.43. The molecule has 1 aliphatic rings. The van der Waals surface area contributed by atoms with Gasteiger partial charge in [-0.1, -0.05) is 28.1 Å². The molecule has 1 saturated heterocycles. The fourth-order valence-corrected chi connectivity index (χ4v) is 3.51. The van der Waals surface area contributed by atoms with E-state index >= 15 is 0 Å². The zero-order valence-electron chi connectivity index (χ0n) is 15.6. The van der Waals surface area contributed by atoms with Crippen molar-refractivity contribution >= 4 is 21.9 Å². The van der Waals surface area contributed by atoms with E-state index in [9.17, 15) is 0 Å². The molecule has 1 fully saturated rings. The molecule has 1 N–H and O–H groups in total. The van der Waals surface area contributed by atoms with E-state index < -0.39 is 0 Å². The van der Waals surface area contributed by atoms with E-state index in [2.05, 4.69) is 77.3 Å². The Labute approximate surface area is 163 Å². The normalized spacial score (nSPS) is 17.4. The summed E-state index contributed by atoms with van der Waals surface area (Å²) in [5, 5.41) is 7.49. The molecular formula is C18H26BrN7. The Balaban J connectivity index is 1.53. The number of halogens is 1. The van der Waals surface area contributed by atoms with E-state index in [4.69, 9.17) is 0 Å². The molecule has 1 unspecified atom stereocenters. The van der Waals surface area contributed by atoms with Crippen LogP contribution in [0.15, 0.2) is 40.1 Å². The van der Waals surface area contributed by atoms with E-state index in [1.807, 2.05) is 14.1 Å². The van der Waals surface area contributed by atoms with Crippen molar-refractivity contribution in [3.05, 3.63) is 46.5 Å². The predicted molar refractivity (Wildman–Crippen MR) is 107 cm³/mol. The zero-order chi connectivity index (χ0) is 18.5. The summed E-state index contributed by atoms with van der Waals surface area (Å²) >= 11 is 3.51. The number of guanidine groups is 1. The second-order valence-electron chi connectivity index (χ2n) is 6.45. The summed E-state index contributed by atoms with van der Waals surface area (Å²) in [5.74, 6) is 1.82. The lowest BCUT2D eigenvalue weighted by Crippen LogP contribution is -2.52. The predicted octanol–water partition coefficient (Wildman–Crippen LogP) is 2.03. The van der Waals surface area contributed by atoms with Crippen molar-refractivity contribution in [2.75, 3.05) is 33.2 Å². The van der Waals surface area contributed by atoms with Crippen LogP contribution in [0, 0.1) is 0 Å².